The number of anilines is 1. The molecule has 7 nitrogen and oxygen atoms in total. The van der Waals surface area contributed by atoms with E-state index in [4.69, 9.17) is 9.73 Å². The van der Waals surface area contributed by atoms with Crippen molar-refractivity contribution in [1.29, 1.82) is 0 Å². The fraction of sp³-hybridized carbons (Fsp3) is 0.545. The first-order valence-electron chi connectivity index (χ1n) is 10.6. The summed E-state index contributed by atoms with van der Waals surface area (Å²) in [5.74, 6) is 0.829. The van der Waals surface area contributed by atoms with Crippen LogP contribution >= 0.6 is 24.0 Å². The molecule has 2 aliphatic rings. The van der Waals surface area contributed by atoms with Gasteiger partial charge >= 0.3 is 6.09 Å². The number of nitrogens with one attached hydrogen (secondary N) is 2. The van der Waals surface area contributed by atoms with Crippen LogP contribution in [-0.4, -0.2) is 62.3 Å². The molecule has 0 unspecified atom stereocenters. The molecule has 0 bridgehead atoms. The Hall–Kier alpha value is -1.97. The number of carbonyl (C=O) groups is 1. The van der Waals surface area contributed by atoms with Crippen molar-refractivity contribution in [2.45, 2.75) is 39.3 Å². The Labute approximate surface area is 197 Å². The minimum atomic E-state index is -0.209. The molecule has 1 fully saturated rings. The molecule has 166 valence electrons. The van der Waals surface area contributed by atoms with E-state index in [1.807, 2.05) is 6.92 Å². The number of ether oxygens (including phenoxy) is 1. The number of hydrogen-bond donors (Lipinski definition) is 2. The summed E-state index contributed by atoms with van der Waals surface area (Å²) in [4.78, 5) is 20.7. The predicted molar refractivity (Wildman–Crippen MR) is 133 cm³/mol. The maximum atomic E-state index is 11.8. The second-order valence-electron chi connectivity index (χ2n) is 7.34. The Morgan fingerprint density at radius 1 is 1.13 bits per heavy atom. The smallest absolute Gasteiger partial charge is 0.409 e. The molecule has 1 saturated heterocycles. The molecule has 1 aromatic rings. The molecule has 3 rings (SSSR count). The zero-order chi connectivity index (χ0) is 20.5. The van der Waals surface area contributed by atoms with Crippen LogP contribution < -0.4 is 15.5 Å². The van der Waals surface area contributed by atoms with Crippen molar-refractivity contribution in [3.63, 3.8) is 0 Å². The average Bonchev–Trinajstić information content (AvgIpc) is 3.28. The van der Waals surface area contributed by atoms with Gasteiger partial charge in [-0.25, -0.2) is 9.79 Å². The van der Waals surface area contributed by atoms with Crippen molar-refractivity contribution in [2.75, 3.05) is 44.2 Å². The summed E-state index contributed by atoms with van der Waals surface area (Å²) in [6, 6.07) is 8.95. The summed E-state index contributed by atoms with van der Waals surface area (Å²) in [5, 5.41) is 6.85. The van der Waals surface area contributed by atoms with Crippen molar-refractivity contribution in [2.24, 2.45) is 4.99 Å². The largest absolute Gasteiger partial charge is 0.450 e. The first-order valence-corrected chi connectivity index (χ1v) is 10.6. The van der Waals surface area contributed by atoms with Crippen LogP contribution in [0.3, 0.4) is 0 Å². The highest BCUT2D eigenvalue weighted by Gasteiger charge is 2.24. The summed E-state index contributed by atoms with van der Waals surface area (Å²) < 4.78 is 5.09. The fourth-order valence-corrected chi connectivity index (χ4v) is 3.61. The van der Waals surface area contributed by atoms with Crippen molar-refractivity contribution in [3.8, 4) is 0 Å². The minimum Gasteiger partial charge on any atom is -0.450 e. The molecule has 2 N–H and O–H groups in total. The predicted octanol–water partition coefficient (Wildman–Crippen LogP) is 3.36. The molecule has 1 amide bonds. The third-order valence-corrected chi connectivity index (χ3v) is 5.25. The van der Waals surface area contributed by atoms with Crippen molar-refractivity contribution < 1.29 is 9.53 Å². The van der Waals surface area contributed by atoms with Crippen LogP contribution in [0.1, 0.15) is 32.3 Å². The molecule has 8 heteroatoms. The lowest BCUT2D eigenvalue weighted by Gasteiger charge is -2.32. The van der Waals surface area contributed by atoms with Gasteiger partial charge in [-0.05, 0) is 44.4 Å². The zero-order valence-electron chi connectivity index (χ0n) is 18.0. The Bertz CT molecular complexity index is 707. The van der Waals surface area contributed by atoms with Gasteiger partial charge in [0, 0.05) is 44.5 Å². The van der Waals surface area contributed by atoms with Crippen molar-refractivity contribution in [1.82, 2.24) is 15.5 Å². The molecule has 30 heavy (non-hydrogen) atoms. The van der Waals surface area contributed by atoms with E-state index < -0.39 is 0 Å². The minimum absolute atomic E-state index is 0. The lowest BCUT2D eigenvalue weighted by Crippen LogP contribution is -2.49. The Kier molecular flexibility index (Phi) is 10.3. The molecular formula is C22H34IN5O2. The van der Waals surface area contributed by atoms with Gasteiger partial charge in [0.25, 0.3) is 0 Å². The van der Waals surface area contributed by atoms with Gasteiger partial charge in [-0.15, -0.1) is 24.0 Å². The van der Waals surface area contributed by atoms with Crippen LogP contribution in [0.5, 0.6) is 0 Å². The number of rotatable bonds is 6. The van der Waals surface area contributed by atoms with Crippen molar-refractivity contribution in [3.05, 3.63) is 42.0 Å². The number of amides is 1. The number of carbonyl (C=O) groups excluding carboxylic acids is 1. The summed E-state index contributed by atoms with van der Waals surface area (Å²) in [5.41, 5.74) is 2.44. The SMILES string of the molecule is CCNC(=NCc1ccc(N2CC=CC2)cc1)NC1CCN(C(=O)OCC)CC1.I. The fourth-order valence-electron chi connectivity index (χ4n) is 3.61. The number of hydrogen-bond acceptors (Lipinski definition) is 4. The lowest BCUT2D eigenvalue weighted by atomic mass is 10.1. The standard InChI is InChI=1S/C22H33N5O2.HI/c1-3-23-21(25-19-11-15-27(16-12-19)22(28)29-4-2)24-17-18-7-9-20(10-8-18)26-13-5-6-14-26;/h5-10,19H,3-4,11-17H2,1-2H3,(H2,23,24,25);1H. The first-order chi connectivity index (χ1) is 14.2. The summed E-state index contributed by atoms with van der Waals surface area (Å²) >= 11 is 0. The third-order valence-electron chi connectivity index (χ3n) is 5.25. The maximum absolute atomic E-state index is 11.8. The van der Waals surface area contributed by atoms with E-state index >= 15 is 0 Å². The van der Waals surface area contributed by atoms with E-state index in [9.17, 15) is 4.79 Å². The van der Waals surface area contributed by atoms with Gasteiger partial charge in [0.15, 0.2) is 5.96 Å². The van der Waals surface area contributed by atoms with Crippen LogP contribution in [0, 0.1) is 0 Å². The number of benzene rings is 1. The summed E-state index contributed by atoms with van der Waals surface area (Å²) in [6.45, 7) is 9.17. The number of piperidine rings is 1. The van der Waals surface area contributed by atoms with Gasteiger partial charge in [0.05, 0.1) is 13.2 Å². The highest BCUT2D eigenvalue weighted by Crippen LogP contribution is 2.18. The number of guanidine groups is 1. The van der Waals surface area contributed by atoms with Crippen LogP contribution in [0.15, 0.2) is 41.4 Å². The van der Waals surface area contributed by atoms with E-state index in [-0.39, 0.29) is 30.1 Å². The Balaban J connectivity index is 0.00000320. The third kappa shape index (κ3) is 7.07. The molecule has 0 atom stereocenters. The topological polar surface area (TPSA) is 69.2 Å². The maximum Gasteiger partial charge on any atom is 0.409 e. The van der Waals surface area contributed by atoms with Gasteiger partial charge in [0.1, 0.15) is 0 Å². The number of nitrogens with zero attached hydrogens (tertiary/aromatic N) is 3. The van der Waals surface area contributed by atoms with Crippen LogP contribution in [0.2, 0.25) is 0 Å². The number of likely N-dealkylation sites (tertiary alicyclic amines) is 1. The first kappa shape index (κ1) is 24.3. The van der Waals surface area contributed by atoms with Gasteiger partial charge in [-0.2, -0.15) is 0 Å². The molecular weight excluding hydrogens is 493 g/mol. The molecule has 0 saturated carbocycles. The van der Waals surface area contributed by atoms with Crippen LogP contribution in [0.4, 0.5) is 10.5 Å². The van der Waals surface area contributed by atoms with E-state index in [2.05, 4.69) is 58.9 Å². The average molecular weight is 527 g/mol. The number of halogens is 1. The highest BCUT2D eigenvalue weighted by atomic mass is 127. The van der Waals surface area contributed by atoms with E-state index in [0.29, 0.717) is 32.3 Å². The second kappa shape index (κ2) is 12.7. The molecule has 2 aliphatic heterocycles. The quantitative estimate of drug-likeness (QED) is 0.257. The molecule has 0 aromatic heterocycles. The lowest BCUT2D eigenvalue weighted by molar-refractivity contribution is 0.0963. The van der Waals surface area contributed by atoms with Crippen LogP contribution in [0.25, 0.3) is 0 Å². The highest BCUT2D eigenvalue weighted by molar-refractivity contribution is 14.0. The van der Waals surface area contributed by atoms with E-state index in [0.717, 1.165) is 38.4 Å². The Morgan fingerprint density at radius 2 is 1.80 bits per heavy atom. The van der Waals surface area contributed by atoms with Gasteiger partial charge < -0.3 is 25.2 Å². The summed E-state index contributed by atoms with van der Waals surface area (Å²) in [6.07, 6.45) is 5.97. The molecule has 0 spiro atoms. The zero-order valence-corrected chi connectivity index (χ0v) is 20.3. The second-order valence-corrected chi connectivity index (χ2v) is 7.34. The Morgan fingerprint density at radius 3 is 2.40 bits per heavy atom. The van der Waals surface area contributed by atoms with E-state index in [1.165, 1.54) is 11.3 Å². The van der Waals surface area contributed by atoms with E-state index in [1.54, 1.807) is 4.90 Å². The van der Waals surface area contributed by atoms with Gasteiger partial charge in [-0.1, -0.05) is 24.3 Å². The van der Waals surface area contributed by atoms with Gasteiger partial charge in [-0.3, -0.25) is 0 Å². The molecule has 0 aliphatic carbocycles. The molecule has 2 heterocycles. The number of aliphatic imine (C=N–C) groups is 1. The normalized spacial score (nSPS) is 16.9. The monoisotopic (exact) mass is 527 g/mol. The molecule has 0 radical (unpaired) electrons. The van der Waals surface area contributed by atoms with Crippen LogP contribution in [-0.2, 0) is 11.3 Å². The van der Waals surface area contributed by atoms with Crippen molar-refractivity contribution >= 4 is 41.7 Å². The molecule has 1 aromatic carbocycles. The summed E-state index contributed by atoms with van der Waals surface area (Å²) in [7, 11) is 0. The van der Waals surface area contributed by atoms with Gasteiger partial charge in [0.2, 0.25) is 0 Å².